The van der Waals surface area contributed by atoms with Gasteiger partial charge in [0, 0.05) is 24.6 Å². The minimum absolute atomic E-state index is 0.134. The number of halogens is 1. The normalized spacial score (nSPS) is 16.7. The van der Waals surface area contributed by atoms with E-state index < -0.39 is 11.7 Å². The highest BCUT2D eigenvalue weighted by Crippen LogP contribution is 2.47. The van der Waals surface area contributed by atoms with Crippen LogP contribution >= 0.6 is 15.9 Å². The molecule has 2 aliphatic rings. The Morgan fingerprint density at radius 1 is 1.08 bits per heavy atom. The minimum Gasteiger partial charge on any atom is -0.448 e. The van der Waals surface area contributed by atoms with E-state index in [2.05, 4.69) is 26.6 Å². The Hall–Kier alpha value is -2.48. The maximum absolute atomic E-state index is 12.1. The summed E-state index contributed by atoms with van der Waals surface area (Å²) < 4.78 is 17.5. The molecule has 136 valence electrons. The first-order valence-corrected chi connectivity index (χ1v) is 9.18. The molecule has 2 aromatic rings. The number of benzene rings is 1. The van der Waals surface area contributed by atoms with Crippen molar-refractivity contribution in [1.82, 2.24) is 5.32 Å². The molecule has 2 heterocycles. The Morgan fingerprint density at radius 3 is 2.58 bits per heavy atom. The van der Waals surface area contributed by atoms with Crippen LogP contribution in [0.3, 0.4) is 0 Å². The van der Waals surface area contributed by atoms with Crippen LogP contribution in [-0.2, 0) is 4.79 Å². The lowest BCUT2D eigenvalue weighted by molar-refractivity contribution is -0.115. The Bertz CT molecular complexity index is 857. The molecule has 7 nitrogen and oxygen atoms in total. The summed E-state index contributed by atoms with van der Waals surface area (Å²) in [5, 5.41) is 5.24. The van der Waals surface area contributed by atoms with Gasteiger partial charge in [0.2, 0.25) is 5.91 Å². The summed E-state index contributed by atoms with van der Waals surface area (Å²) in [5.74, 6) is 0.125. The van der Waals surface area contributed by atoms with Gasteiger partial charge in [0.05, 0.1) is 6.54 Å². The summed E-state index contributed by atoms with van der Waals surface area (Å²) in [7, 11) is 0. The van der Waals surface area contributed by atoms with Gasteiger partial charge >= 0.3 is 0 Å². The van der Waals surface area contributed by atoms with Crippen molar-refractivity contribution in [3.8, 4) is 11.5 Å². The predicted molar refractivity (Wildman–Crippen MR) is 96.3 cm³/mol. The van der Waals surface area contributed by atoms with Gasteiger partial charge in [0.25, 0.3) is 11.7 Å². The molecule has 2 N–H and O–H groups in total. The van der Waals surface area contributed by atoms with Gasteiger partial charge in [-0.15, -0.1) is 0 Å². The van der Waals surface area contributed by atoms with Gasteiger partial charge in [-0.05, 0) is 53.0 Å². The Labute approximate surface area is 158 Å². The highest BCUT2D eigenvalue weighted by molar-refractivity contribution is 9.10. The van der Waals surface area contributed by atoms with Crippen LogP contribution in [0.5, 0.6) is 11.5 Å². The molecule has 8 heteroatoms. The largest absolute Gasteiger partial charge is 0.448 e. The number of carbonyl (C=O) groups is 2. The second-order valence-corrected chi connectivity index (χ2v) is 7.10. The van der Waals surface area contributed by atoms with Gasteiger partial charge in [-0.1, -0.05) is 0 Å². The van der Waals surface area contributed by atoms with E-state index in [1.807, 2.05) is 0 Å². The van der Waals surface area contributed by atoms with Crippen LogP contribution < -0.4 is 20.1 Å². The molecule has 1 aromatic carbocycles. The highest BCUT2D eigenvalue weighted by Gasteiger charge is 2.44. The van der Waals surface area contributed by atoms with Crippen LogP contribution in [0, 0.1) is 0 Å². The van der Waals surface area contributed by atoms with Crippen molar-refractivity contribution in [2.75, 3.05) is 11.9 Å². The summed E-state index contributed by atoms with van der Waals surface area (Å²) in [5.41, 5.74) is 0.586. The Morgan fingerprint density at radius 2 is 1.85 bits per heavy atom. The van der Waals surface area contributed by atoms with E-state index in [0.717, 1.165) is 25.7 Å². The van der Waals surface area contributed by atoms with E-state index in [1.165, 1.54) is 6.07 Å². The van der Waals surface area contributed by atoms with E-state index in [4.69, 9.17) is 13.9 Å². The third-order valence-electron chi connectivity index (χ3n) is 4.39. The second kappa shape index (κ2) is 6.68. The SMILES string of the molecule is O=C(CNC(=O)c1ccc(Br)o1)Nc1ccc2c(c1)OC1(CCCC1)O2. The number of amides is 2. The zero-order valence-electron chi connectivity index (χ0n) is 13.8. The third-order valence-corrected chi connectivity index (χ3v) is 4.82. The fraction of sp³-hybridized carbons (Fsp3) is 0.333. The van der Waals surface area contributed by atoms with Crippen LogP contribution in [0.1, 0.15) is 36.2 Å². The first-order chi connectivity index (χ1) is 12.5. The summed E-state index contributed by atoms with van der Waals surface area (Å²) >= 11 is 3.12. The maximum Gasteiger partial charge on any atom is 0.287 e. The molecule has 0 bridgehead atoms. The maximum atomic E-state index is 12.1. The van der Waals surface area contributed by atoms with Crippen LogP contribution in [-0.4, -0.2) is 24.1 Å². The first kappa shape index (κ1) is 17.0. The van der Waals surface area contributed by atoms with E-state index >= 15 is 0 Å². The molecule has 0 atom stereocenters. The van der Waals surface area contributed by atoms with E-state index in [-0.39, 0.29) is 18.2 Å². The quantitative estimate of drug-likeness (QED) is 0.790. The molecule has 0 radical (unpaired) electrons. The zero-order valence-corrected chi connectivity index (χ0v) is 15.4. The van der Waals surface area contributed by atoms with Gasteiger partial charge in [0.15, 0.2) is 21.9 Å². The molecule has 0 unspecified atom stereocenters. The fourth-order valence-corrected chi connectivity index (χ4v) is 3.49. The number of carbonyl (C=O) groups excluding carboxylic acids is 2. The number of anilines is 1. The van der Waals surface area contributed by atoms with Gasteiger partial charge in [-0.3, -0.25) is 9.59 Å². The fourth-order valence-electron chi connectivity index (χ4n) is 3.18. The van der Waals surface area contributed by atoms with Crippen molar-refractivity contribution in [2.45, 2.75) is 31.5 Å². The first-order valence-electron chi connectivity index (χ1n) is 8.38. The minimum atomic E-state index is -0.531. The zero-order chi connectivity index (χ0) is 18.1. The second-order valence-electron chi connectivity index (χ2n) is 6.32. The van der Waals surface area contributed by atoms with Crippen molar-refractivity contribution in [1.29, 1.82) is 0 Å². The van der Waals surface area contributed by atoms with Crippen molar-refractivity contribution in [3.05, 3.63) is 40.8 Å². The van der Waals surface area contributed by atoms with Gasteiger partial charge in [-0.25, -0.2) is 0 Å². The molecule has 0 saturated heterocycles. The summed E-state index contributed by atoms with van der Waals surface area (Å²) in [6.07, 6.45) is 3.92. The molecule has 1 fully saturated rings. The number of nitrogens with one attached hydrogen (secondary N) is 2. The van der Waals surface area contributed by atoms with Crippen LogP contribution in [0.15, 0.2) is 39.4 Å². The van der Waals surface area contributed by atoms with Gasteiger partial charge in [0.1, 0.15) is 0 Å². The lowest BCUT2D eigenvalue weighted by atomic mass is 10.2. The third kappa shape index (κ3) is 3.41. The van der Waals surface area contributed by atoms with Crippen molar-refractivity contribution in [3.63, 3.8) is 0 Å². The monoisotopic (exact) mass is 420 g/mol. The summed E-state index contributed by atoms with van der Waals surface area (Å²) in [6.45, 7) is -0.171. The number of furan rings is 1. The standard InChI is InChI=1S/C18H17BrN2O5/c19-15-6-5-13(24-15)17(23)20-10-16(22)21-11-3-4-12-14(9-11)26-18(25-12)7-1-2-8-18/h3-6,9H,1-2,7-8,10H2,(H,20,23)(H,21,22). The Balaban J connectivity index is 1.33. The van der Waals surface area contributed by atoms with E-state index in [9.17, 15) is 9.59 Å². The van der Waals surface area contributed by atoms with E-state index in [0.29, 0.717) is 21.9 Å². The van der Waals surface area contributed by atoms with Gasteiger partial charge in [-0.2, -0.15) is 0 Å². The van der Waals surface area contributed by atoms with Crippen molar-refractivity contribution >= 4 is 33.4 Å². The molecule has 1 aliphatic carbocycles. The number of rotatable bonds is 4. The number of fused-ring (bicyclic) bond motifs is 1. The van der Waals surface area contributed by atoms with Crippen LogP contribution in [0.4, 0.5) is 5.69 Å². The van der Waals surface area contributed by atoms with Crippen molar-refractivity contribution < 1.29 is 23.5 Å². The smallest absolute Gasteiger partial charge is 0.287 e. The summed E-state index contributed by atoms with van der Waals surface area (Å²) in [4.78, 5) is 23.9. The molecule has 2 amide bonds. The molecule has 1 aromatic heterocycles. The predicted octanol–water partition coefficient (Wildman–Crippen LogP) is 3.45. The molecule has 1 aliphatic heterocycles. The number of hydrogen-bond acceptors (Lipinski definition) is 5. The van der Waals surface area contributed by atoms with Crippen molar-refractivity contribution in [2.24, 2.45) is 0 Å². The molecular weight excluding hydrogens is 404 g/mol. The Kier molecular flexibility index (Phi) is 4.36. The lowest BCUT2D eigenvalue weighted by Crippen LogP contribution is -2.34. The number of hydrogen-bond donors (Lipinski definition) is 2. The number of ether oxygens (including phenoxy) is 2. The molecule has 4 rings (SSSR count). The molecular formula is C18H17BrN2O5. The van der Waals surface area contributed by atoms with E-state index in [1.54, 1.807) is 24.3 Å². The summed E-state index contributed by atoms with van der Waals surface area (Å²) in [6, 6.07) is 8.41. The lowest BCUT2D eigenvalue weighted by Gasteiger charge is -2.21. The molecule has 1 spiro atoms. The van der Waals surface area contributed by atoms with Crippen LogP contribution in [0.2, 0.25) is 0 Å². The molecule has 1 saturated carbocycles. The molecule has 26 heavy (non-hydrogen) atoms. The average molecular weight is 421 g/mol. The van der Waals surface area contributed by atoms with Gasteiger partial charge < -0.3 is 24.5 Å². The van der Waals surface area contributed by atoms with Crippen LogP contribution in [0.25, 0.3) is 0 Å². The highest BCUT2D eigenvalue weighted by atomic mass is 79.9. The average Bonchev–Trinajstić information content (AvgIpc) is 3.33. The topological polar surface area (TPSA) is 89.8 Å².